The average Bonchev–Trinajstić information content (AvgIpc) is 4.06. The van der Waals surface area contributed by atoms with Gasteiger partial charge in [-0.2, -0.15) is 0 Å². The SMILES string of the molecule is O=C(O)C1=C(CI)CS[C@H]2C(NC(=O)/C(=N\OC3(C(=O)OC(c4ccccc4)c4ccccc4)CCCC3)c3csc(NC(c4ccccc4)(c4ccccc4)c4ccccc4)n3)C(=O)N12. The summed E-state index contributed by atoms with van der Waals surface area (Å²) in [5, 5.41) is 22.6. The Morgan fingerprint density at radius 1 is 0.818 bits per heavy atom. The highest BCUT2D eigenvalue weighted by Gasteiger charge is 2.55. The van der Waals surface area contributed by atoms with Crippen molar-refractivity contribution in [2.45, 2.75) is 54.3 Å². The molecular formula is C51H44IN5O7S2. The predicted molar refractivity (Wildman–Crippen MR) is 263 cm³/mol. The Morgan fingerprint density at radius 2 is 1.33 bits per heavy atom. The topological polar surface area (TPSA) is 160 Å². The van der Waals surface area contributed by atoms with Gasteiger partial charge < -0.3 is 25.3 Å². The molecule has 1 saturated carbocycles. The summed E-state index contributed by atoms with van der Waals surface area (Å²) >= 11 is 4.72. The van der Waals surface area contributed by atoms with E-state index < -0.39 is 52.4 Å². The number of halogens is 1. The van der Waals surface area contributed by atoms with Crippen LogP contribution >= 0.6 is 45.7 Å². The van der Waals surface area contributed by atoms with Crippen molar-refractivity contribution in [2.24, 2.45) is 5.16 Å². The van der Waals surface area contributed by atoms with Crippen LogP contribution in [0.1, 0.15) is 65.3 Å². The van der Waals surface area contributed by atoms with Crippen LogP contribution in [0.3, 0.4) is 0 Å². The van der Waals surface area contributed by atoms with Gasteiger partial charge in [0.1, 0.15) is 28.3 Å². The van der Waals surface area contributed by atoms with Gasteiger partial charge in [-0.15, -0.1) is 23.1 Å². The van der Waals surface area contributed by atoms with E-state index in [1.807, 2.05) is 152 Å². The molecule has 2 amide bonds. The van der Waals surface area contributed by atoms with Crippen LogP contribution in [-0.4, -0.2) is 71.7 Å². The average molecular weight is 1030 g/mol. The van der Waals surface area contributed by atoms with Crippen molar-refractivity contribution in [1.29, 1.82) is 0 Å². The standard InChI is InChI=1S/C51H44IN5O7S2/c52-30-35-31-65-46-41(45(59)57(46)42(35)47(60)61)54-44(58)40(56-64-50(28-16-17-29-50)48(62)63-43(33-18-6-1-7-19-33)34-20-8-2-9-21-34)39-32-66-49(53-39)55-51(36-22-10-3-11-23-36,37-24-12-4-13-25-37)38-26-14-5-15-27-38/h1-15,18-27,32,41,43,46H,16-17,28-31H2,(H,53,55)(H,54,58)(H,60,61)/b56-40-/t41?,46-/m0/s1. The number of aliphatic carboxylic acids is 1. The summed E-state index contributed by atoms with van der Waals surface area (Å²) < 4.78 is 6.78. The van der Waals surface area contributed by atoms with Gasteiger partial charge in [0.05, 0.1) is 0 Å². The molecule has 6 aromatic rings. The number of carboxylic acid groups (broad SMARTS) is 1. The van der Waals surface area contributed by atoms with Crippen molar-refractivity contribution in [3.8, 4) is 0 Å². The van der Waals surface area contributed by atoms with Gasteiger partial charge in [-0.1, -0.05) is 179 Å². The second-order valence-electron chi connectivity index (χ2n) is 16.1. The number of alkyl halides is 1. The third kappa shape index (κ3) is 8.74. The molecule has 1 aromatic heterocycles. The Hall–Kier alpha value is -6.30. The number of fused-ring (bicyclic) bond motifs is 1. The lowest BCUT2D eigenvalue weighted by atomic mass is 9.77. The molecule has 0 bridgehead atoms. The van der Waals surface area contributed by atoms with Crippen LogP contribution in [0.2, 0.25) is 0 Å². The van der Waals surface area contributed by atoms with E-state index in [4.69, 9.17) is 14.6 Å². The highest BCUT2D eigenvalue weighted by Crippen LogP contribution is 2.43. The number of rotatable bonds is 16. The number of carbonyl (C=O) groups is 4. The fourth-order valence-corrected chi connectivity index (χ4v) is 11.9. The highest BCUT2D eigenvalue weighted by molar-refractivity contribution is 14.1. The summed E-state index contributed by atoms with van der Waals surface area (Å²) in [5.74, 6) is -2.76. The van der Waals surface area contributed by atoms with E-state index in [2.05, 4.69) is 38.4 Å². The molecule has 9 rings (SSSR count). The van der Waals surface area contributed by atoms with E-state index in [0.717, 1.165) is 27.8 Å². The molecule has 334 valence electrons. The summed E-state index contributed by atoms with van der Waals surface area (Å²) in [6.07, 6.45) is 1.15. The van der Waals surface area contributed by atoms with Gasteiger partial charge in [-0.3, -0.25) is 14.5 Å². The van der Waals surface area contributed by atoms with Gasteiger partial charge in [0, 0.05) is 28.4 Å². The first-order chi connectivity index (χ1) is 32.2. The number of β-lactam (4-membered cyclic amide) rings is 1. The van der Waals surface area contributed by atoms with Crippen LogP contribution in [-0.2, 0) is 34.3 Å². The van der Waals surface area contributed by atoms with E-state index in [1.165, 1.54) is 28.0 Å². The number of carboxylic acids is 1. The monoisotopic (exact) mass is 1030 g/mol. The number of aromatic nitrogens is 1. The van der Waals surface area contributed by atoms with E-state index in [0.29, 0.717) is 33.7 Å². The molecule has 2 fully saturated rings. The Kier molecular flexibility index (Phi) is 13.4. The van der Waals surface area contributed by atoms with Crippen molar-refractivity contribution in [3.63, 3.8) is 0 Å². The lowest BCUT2D eigenvalue weighted by Gasteiger charge is -2.49. The van der Waals surface area contributed by atoms with Gasteiger partial charge in [0.2, 0.25) is 5.60 Å². The Morgan fingerprint density at radius 3 is 1.83 bits per heavy atom. The number of hydrogen-bond donors (Lipinski definition) is 3. The number of hydrogen-bond acceptors (Lipinski definition) is 11. The van der Waals surface area contributed by atoms with Crippen LogP contribution in [0.4, 0.5) is 5.13 Å². The number of carbonyl (C=O) groups excluding carboxylic acids is 3. The fraction of sp³-hybridized carbons (Fsp3) is 0.216. The number of nitrogens with zero attached hydrogens (tertiary/aromatic N) is 3. The minimum absolute atomic E-state index is 0.0548. The molecule has 3 heterocycles. The first-order valence-electron chi connectivity index (χ1n) is 21.5. The predicted octanol–water partition coefficient (Wildman–Crippen LogP) is 9.09. The summed E-state index contributed by atoms with van der Waals surface area (Å²) in [6.45, 7) is 0. The van der Waals surface area contributed by atoms with E-state index in [-0.39, 0.29) is 29.9 Å². The number of esters is 1. The normalized spacial score (nSPS) is 18.0. The summed E-state index contributed by atoms with van der Waals surface area (Å²) in [5.41, 5.74) is 2.36. The fourth-order valence-electron chi connectivity index (χ4n) is 8.79. The van der Waals surface area contributed by atoms with Crippen molar-refractivity contribution in [3.05, 3.63) is 202 Å². The summed E-state index contributed by atoms with van der Waals surface area (Å²) in [4.78, 5) is 67.8. The second-order valence-corrected chi connectivity index (χ2v) is 18.8. The minimum Gasteiger partial charge on any atom is -0.477 e. The number of ether oxygens (including phenoxy) is 1. The van der Waals surface area contributed by atoms with Crippen LogP contribution in [0.25, 0.3) is 0 Å². The summed E-state index contributed by atoms with van der Waals surface area (Å²) in [6, 6.07) is 47.9. The summed E-state index contributed by atoms with van der Waals surface area (Å²) in [7, 11) is 0. The zero-order chi connectivity index (χ0) is 45.7. The third-order valence-corrected chi connectivity index (χ3v) is 15.1. The number of anilines is 1. The zero-order valence-electron chi connectivity index (χ0n) is 35.4. The van der Waals surface area contributed by atoms with Crippen LogP contribution < -0.4 is 10.6 Å². The molecule has 2 aliphatic heterocycles. The first kappa shape index (κ1) is 44.9. The van der Waals surface area contributed by atoms with Gasteiger partial charge >= 0.3 is 11.9 Å². The van der Waals surface area contributed by atoms with Gasteiger partial charge in [-0.25, -0.2) is 14.6 Å². The molecule has 5 aromatic carbocycles. The molecule has 12 nitrogen and oxygen atoms in total. The lowest BCUT2D eigenvalue weighted by molar-refractivity contribution is -0.176. The maximum Gasteiger partial charge on any atom is 0.354 e. The molecule has 0 radical (unpaired) electrons. The quantitative estimate of drug-likeness (QED) is 0.0162. The van der Waals surface area contributed by atoms with E-state index in [1.54, 1.807) is 5.38 Å². The molecule has 66 heavy (non-hydrogen) atoms. The van der Waals surface area contributed by atoms with E-state index >= 15 is 0 Å². The molecule has 15 heteroatoms. The molecular weight excluding hydrogens is 986 g/mol. The van der Waals surface area contributed by atoms with Crippen LogP contribution in [0.15, 0.2) is 173 Å². The van der Waals surface area contributed by atoms with Crippen molar-refractivity contribution in [1.82, 2.24) is 15.2 Å². The maximum absolute atomic E-state index is 14.7. The Labute approximate surface area is 403 Å². The number of amides is 2. The third-order valence-electron chi connectivity index (χ3n) is 12.1. The maximum atomic E-state index is 14.7. The van der Waals surface area contributed by atoms with Crippen LogP contribution in [0, 0.1) is 0 Å². The van der Waals surface area contributed by atoms with Crippen LogP contribution in [0.5, 0.6) is 0 Å². The van der Waals surface area contributed by atoms with Crippen molar-refractivity contribution in [2.75, 3.05) is 15.5 Å². The first-order valence-corrected chi connectivity index (χ1v) is 24.9. The second kappa shape index (κ2) is 19.7. The van der Waals surface area contributed by atoms with Crippen molar-refractivity contribution >= 4 is 80.3 Å². The van der Waals surface area contributed by atoms with Crippen molar-refractivity contribution < 1.29 is 33.9 Å². The number of thioether (sulfide) groups is 1. The largest absolute Gasteiger partial charge is 0.477 e. The molecule has 3 aliphatic rings. The van der Waals surface area contributed by atoms with E-state index in [9.17, 15) is 24.3 Å². The lowest BCUT2D eigenvalue weighted by Crippen LogP contribution is -2.71. The Balaban J connectivity index is 1.08. The molecule has 1 unspecified atom stereocenters. The smallest absolute Gasteiger partial charge is 0.354 e. The van der Waals surface area contributed by atoms with Gasteiger partial charge in [-0.05, 0) is 46.2 Å². The Bertz CT molecular complexity index is 2640. The number of thiazole rings is 1. The molecule has 3 N–H and O–H groups in total. The molecule has 0 spiro atoms. The zero-order valence-corrected chi connectivity index (χ0v) is 39.2. The number of nitrogens with one attached hydrogen (secondary N) is 2. The number of oxime groups is 1. The van der Waals surface area contributed by atoms with Gasteiger partial charge in [0.25, 0.3) is 11.8 Å². The molecule has 1 saturated heterocycles. The molecule has 2 atom stereocenters. The highest BCUT2D eigenvalue weighted by atomic mass is 127. The minimum atomic E-state index is -1.53. The number of benzene rings is 5. The molecule has 1 aliphatic carbocycles. The van der Waals surface area contributed by atoms with Gasteiger partial charge in [0.15, 0.2) is 16.9 Å².